The van der Waals surface area contributed by atoms with Crippen LogP contribution < -0.4 is 5.73 Å². The zero-order valence-electron chi connectivity index (χ0n) is 4.03. The van der Waals surface area contributed by atoms with Crippen molar-refractivity contribution in [2.45, 2.75) is 5.75 Å². The fraction of sp³-hybridized carbons (Fsp3) is 0.333. The molecule has 0 fully saturated rings. The quantitative estimate of drug-likeness (QED) is 0.570. The van der Waals surface area contributed by atoms with Crippen molar-refractivity contribution in [3.05, 3.63) is 5.01 Å². The minimum atomic E-state index is 0.508. The predicted octanol–water partition coefficient (Wildman–Crippen LogP) is 0.550. The van der Waals surface area contributed by atoms with Gasteiger partial charge in [0, 0.05) is 5.75 Å². The Kier molecular flexibility index (Phi) is 1.69. The SMILES string of the molecule is Nc1nnc(CS)s1. The molecule has 0 unspecified atom stereocenters. The van der Waals surface area contributed by atoms with Gasteiger partial charge in [-0.1, -0.05) is 11.3 Å². The minimum Gasteiger partial charge on any atom is -0.374 e. The van der Waals surface area contributed by atoms with Gasteiger partial charge in [-0.15, -0.1) is 10.2 Å². The van der Waals surface area contributed by atoms with E-state index in [-0.39, 0.29) is 0 Å². The van der Waals surface area contributed by atoms with E-state index in [4.69, 9.17) is 5.73 Å². The van der Waals surface area contributed by atoms with E-state index in [2.05, 4.69) is 22.8 Å². The van der Waals surface area contributed by atoms with Crippen LogP contribution >= 0.6 is 24.0 Å². The molecule has 0 radical (unpaired) electrons. The number of rotatable bonds is 1. The first-order valence-electron chi connectivity index (χ1n) is 2.01. The first-order chi connectivity index (χ1) is 3.83. The van der Waals surface area contributed by atoms with Crippen LogP contribution in [0.25, 0.3) is 0 Å². The lowest BCUT2D eigenvalue weighted by Gasteiger charge is -1.75. The highest BCUT2D eigenvalue weighted by molar-refractivity contribution is 7.79. The summed E-state index contributed by atoms with van der Waals surface area (Å²) in [6, 6.07) is 0. The van der Waals surface area contributed by atoms with Gasteiger partial charge in [0.05, 0.1) is 0 Å². The summed E-state index contributed by atoms with van der Waals surface area (Å²) in [7, 11) is 0. The van der Waals surface area contributed by atoms with Crippen molar-refractivity contribution in [3.8, 4) is 0 Å². The van der Waals surface area contributed by atoms with Crippen LogP contribution in [0, 0.1) is 0 Å². The molecule has 0 bridgehead atoms. The number of anilines is 1. The first-order valence-corrected chi connectivity index (χ1v) is 3.46. The van der Waals surface area contributed by atoms with Crippen LogP contribution in [0.15, 0.2) is 0 Å². The predicted molar refractivity (Wildman–Crippen MR) is 37.0 cm³/mol. The van der Waals surface area contributed by atoms with E-state index in [9.17, 15) is 0 Å². The van der Waals surface area contributed by atoms with Gasteiger partial charge in [0.2, 0.25) is 5.13 Å². The van der Waals surface area contributed by atoms with Crippen molar-refractivity contribution < 1.29 is 0 Å². The smallest absolute Gasteiger partial charge is 0.203 e. The molecule has 44 valence electrons. The Morgan fingerprint density at radius 1 is 1.62 bits per heavy atom. The molecule has 1 aromatic rings. The third-order valence-corrected chi connectivity index (χ3v) is 1.88. The minimum absolute atomic E-state index is 0.508. The fourth-order valence-corrected chi connectivity index (χ4v) is 1.06. The van der Waals surface area contributed by atoms with Gasteiger partial charge in [0.25, 0.3) is 0 Å². The lowest BCUT2D eigenvalue weighted by molar-refractivity contribution is 1.05. The van der Waals surface area contributed by atoms with Gasteiger partial charge in [-0.05, 0) is 0 Å². The van der Waals surface area contributed by atoms with Gasteiger partial charge in [0.15, 0.2) is 0 Å². The Labute approximate surface area is 56.3 Å². The highest BCUT2D eigenvalue weighted by Crippen LogP contribution is 2.11. The molecular formula is C3H5N3S2. The molecule has 3 nitrogen and oxygen atoms in total. The average molecular weight is 147 g/mol. The second-order valence-corrected chi connectivity index (χ2v) is 2.60. The van der Waals surface area contributed by atoms with Gasteiger partial charge in [-0.25, -0.2) is 0 Å². The first kappa shape index (κ1) is 5.84. The fourth-order valence-electron chi connectivity index (χ4n) is 0.330. The van der Waals surface area contributed by atoms with Crippen molar-refractivity contribution in [1.29, 1.82) is 0 Å². The van der Waals surface area contributed by atoms with Crippen LogP contribution in [0.4, 0.5) is 5.13 Å². The lowest BCUT2D eigenvalue weighted by Crippen LogP contribution is -1.80. The number of hydrogen-bond acceptors (Lipinski definition) is 5. The summed E-state index contributed by atoms with van der Waals surface area (Å²) in [5.74, 6) is 0.620. The molecule has 0 saturated heterocycles. The van der Waals surface area contributed by atoms with Gasteiger partial charge in [-0.2, -0.15) is 12.6 Å². The standard InChI is InChI=1S/C3H5N3S2/c4-3-6-5-2(1-7)8-3/h7H,1H2,(H2,4,6). The molecule has 0 aliphatic heterocycles. The van der Waals surface area contributed by atoms with Gasteiger partial charge < -0.3 is 5.73 Å². The third kappa shape index (κ3) is 1.10. The molecule has 1 aromatic heterocycles. The molecule has 8 heavy (non-hydrogen) atoms. The van der Waals surface area contributed by atoms with E-state index in [0.717, 1.165) is 5.01 Å². The molecule has 0 amide bonds. The number of thiol groups is 1. The number of nitrogens with zero attached hydrogens (tertiary/aromatic N) is 2. The maximum absolute atomic E-state index is 5.27. The van der Waals surface area contributed by atoms with Crippen molar-refractivity contribution in [3.63, 3.8) is 0 Å². The Morgan fingerprint density at radius 3 is 2.62 bits per heavy atom. The number of nitrogens with two attached hydrogens (primary N) is 1. The molecule has 0 atom stereocenters. The molecule has 0 spiro atoms. The Hall–Kier alpha value is -0.290. The van der Waals surface area contributed by atoms with Crippen molar-refractivity contribution in [1.82, 2.24) is 10.2 Å². The zero-order chi connectivity index (χ0) is 5.98. The molecule has 1 heterocycles. The Morgan fingerprint density at radius 2 is 2.38 bits per heavy atom. The second-order valence-electron chi connectivity index (χ2n) is 1.19. The number of hydrogen-bond donors (Lipinski definition) is 2. The Balaban J connectivity index is 2.84. The average Bonchev–Trinajstić information content (AvgIpc) is 2.14. The molecule has 1 rings (SSSR count). The van der Waals surface area contributed by atoms with Crippen LogP contribution in [0.1, 0.15) is 5.01 Å². The highest BCUT2D eigenvalue weighted by atomic mass is 32.1. The molecule has 2 N–H and O–H groups in total. The van der Waals surface area contributed by atoms with Gasteiger partial charge in [-0.3, -0.25) is 0 Å². The lowest BCUT2D eigenvalue weighted by atomic mass is 10.9. The molecule has 0 aliphatic rings. The van der Waals surface area contributed by atoms with Crippen LogP contribution in [-0.2, 0) is 5.75 Å². The topological polar surface area (TPSA) is 51.8 Å². The largest absolute Gasteiger partial charge is 0.374 e. The Bertz CT molecular complexity index is 173. The summed E-state index contributed by atoms with van der Waals surface area (Å²) in [5, 5.41) is 8.66. The van der Waals surface area contributed by atoms with Crippen LogP contribution in [0.5, 0.6) is 0 Å². The van der Waals surface area contributed by atoms with Gasteiger partial charge >= 0.3 is 0 Å². The van der Waals surface area contributed by atoms with E-state index < -0.39 is 0 Å². The summed E-state index contributed by atoms with van der Waals surface area (Å²) >= 11 is 5.34. The normalized spacial score (nSPS) is 9.62. The zero-order valence-corrected chi connectivity index (χ0v) is 5.75. The summed E-state index contributed by atoms with van der Waals surface area (Å²) in [6.45, 7) is 0. The van der Waals surface area contributed by atoms with E-state index in [0.29, 0.717) is 10.9 Å². The number of nitrogen functional groups attached to an aromatic ring is 1. The second kappa shape index (κ2) is 2.32. The van der Waals surface area contributed by atoms with Crippen LogP contribution in [0.3, 0.4) is 0 Å². The van der Waals surface area contributed by atoms with Crippen molar-refractivity contribution >= 4 is 29.1 Å². The summed E-state index contributed by atoms with van der Waals surface area (Å²) in [4.78, 5) is 0. The molecule has 5 heteroatoms. The summed E-state index contributed by atoms with van der Waals surface area (Å²) in [6.07, 6.45) is 0. The molecular weight excluding hydrogens is 142 g/mol. The highest BCUT2D eigenvalue weighted by Gasteiger charge is 1.94. The molecule has 0 aliphatic carbocycles. The van der Waals surface area contributed by atoms with E-state index >= 15 is 0 Å². The van der Waals surface area contributed by atoms with Crippen LogP contribution in [0.2, 0.25) is 0 Å². The maximum Gasteiger partial charge on any atom is 0.203 e. The van der Waals surface area contributed by atoms with E-state index in [1.165, 1.54) is 11.3 Å². The molecule has 0 saturated carbocycles. The van der Waals surface area contributed by atoms with Crippen LogP contribution in [-0.4, -0.2) is 10.2 Å². The summed E-state index contributed by atoms with van der Waals surface area (Å²) < 4.78 is 0. The van der Waals surface area contributed by atoms with Crippen molar-refractivity contribution in [2.24, 2.45) is 0 Å². The number of aromatic nitrogens is 2. The summed E-state index contributed by atoms with van der Waals surface area (Å²) in [5.41, 5.74) is 5.27. The monoisotopic (exact) mass is 147 g/mol. The maximum atomic E-state index is 5.27. The molecule has 0 aromatic carbocycles. The third-order valence-electron chi connectivity index (χ3n) is 0.618. The van der Waals surface area contributed by atoms with Crippen molar-refractivity contribution in [2.75, 3.05) is 5.73 Å². The van der Waals surface area contributed by atoms with E-state index in [1.54, 1.807) is 0 Å². The van der Waals surface area contributed by atoms with E-state index in [1.807, 2.05) is 0 Å². The van der Waals surface area contributed by atoms with Gasteiger partial charge in [0.1, 0.15) is 5.01 Å².